The van der Waals surface area contributed by atoms with Gasteiger partial charge in [0.1, 0.15) is 5.15 Å². The van der Waals surface area contributed by atoms with Crippen LogP contribution in [0.3, 0.4) is 0 Å². The molecule has 1 aromatic rings. The number of rotatable bonds is 1. The van der Waals surface area contributed by atoms with Crippen LogP contribution in [0, 0.1) is 6.07 Å². The molecule has 1 saturated heterocycles. The van der Waals surface area contributed by atoms with Gasteiger partial charge in [0.15, 0.2) is 0 Å². The normalized spacial score (nSPS) is 16.9. The van der Waals surface area contributed by atoms with E-state index in [2.05, 4.69) is 16.0 Å². The van der Waals surface area contributed by atoms with E-state index in [1.165, 1.54) is 12.8 Å². The van der Waals surface area contributed by atoms with Crippen molar-refractivity contribution >= 4 is 17.3 Å². The Balaban J connectivity index is 2.21. The number of anilines is 1. The summed E-state index contributed by atoms with van der Waals surface area (Å²) in [4.78, 5) is 6.18. The molecule has 0 atom stereocenters. The number of hydrogen-bond donors (Lipinski definition) is 0. The third-order valence-corrected chi connectivity index (χ3v) is 2.31. The first-order chi connectivity index (χ1) is 5.86. The van der Waals surface area contributed by atoms with Gasteiger partial charge in [-0.15, -0.1) is 0 Å². The van der Waals surface area contributed by atoms with Crippen LogP contribution in [0.4, 0.5) is 5.69 Å². The molecule has 1 aliphatic heterocycles. The Morgan fingerprint density at radius 2 is 2.17 bits per heavy atom. The molecule has 1 radical (unpaired) electrons. The summed E-state index contributed by atoms with van der Waals surface area (Å²) in [6, 6.07) is 4.95. The molecule has 0 aliphatic carbocycles. The van der Waals surface area contributed by atoms with Crippen LogP contribution in [0.2, 0.25) is 5.15 Å². The first-order valence-electron chi connectivity index (χ1n) is 4.14. The summed E-state index contributed by atoms with van der Waals surface area (Å²) in [7, 11) is 0. The smallest absolute Gasteiger partial charge is 0.131 e. The van der Waals surface area contributed by atoms with Gasteiger partial charge in [0.2, 0.25) is 0 Å². The monoisotopic (exact) mass is 181 g/mol. The van der Waals surface area contributed by atoms with Crippen LogP contribution in [-0.4, -0.2) is 18.1 Å². The van der Waals surface area contributed by atoms with E-state index in [0.29, 0.717) is 5.15 Å². The second-order valence-electron chi connectivity index (χ2n) is 2.95. The summed E-state index contributed by atoms with van der Waals surface area (Å²) in [5.74, 6) is 0. The quantitative estimate of drug-likeness (QED) is 0.618. The Labute approximate surface area is 77.2 Å². The number of aromatic nitrogens is 1. The molecule has 1 fully saturated rings. The largest absolute Gasteiger partial charge is 0.371 e. The fourth-order valence-corrected chi connectivity index (χ4v) is 1.64. The predicted molar refractivity (Wildman–Crippen MR) is 49.5 cm³/mol. The Kier molecular flexibility index (Phi) is 2.17. The molecule has 0 aromatic carbocycles. The molecule has 0 N–H and O–H groups in total. The summed E-state index contributed by atoms with van der Waals surface area (Å²) in [5, 5.41) is 0.552. The lowest BCUT2D eigenvalue weighted by Crippen LogP contribution is -2.17. The first kappa shape index (κ1) is 7.87. The fourth-order valence-electron chi connectivity index (χ4n) is 1.49. The highest BCUT2D eigenvalue weighted by Crippen LogP contribution is 2.20. The number of nitrogens with zero attached hydrogens (tertiary/aromatic N) is 2. The maximum atomic E-state index is 5.77. The average Bonchev–Trinajstić information content (AvgIpc) is 2.56. The maximum absolute atomic E-state index is 5.77. The molecule has 3 heteroatoms. The topological polar surface area (TPSA) is 16.1 Å². The van der Waals surface area contributed by atoms with Crippen molar-refractivity contribution in [2.24, 2.45) is 0 Å². The van der Waals surface area contributed by atoms with E-state index >= 15 is 0 Å². The zero-order chi connectivity index (χ0) is 8.39. The van der Waals surface area contributed by atoms with Crippen LogP contribution < -0.4 is 4.90 Å². The summed E-state index contributed by atoms with van der Waals surface area (Å²) in [6.07, 6.45) is 4.18. The van der Waals surface area contributed by atoms with E-state index in [1.807, 2.05) is 6.07 Å². The van der Waals surface area contributed by atoms with Gasteiger partial charge in [-0.25, -0.2) is 4.98 Å². The lowest BCUT2D eigenvalue weighted by atomic mass is 10.4. The third kappa shape index (κ3) is 1.53. The van der Waals surface area contributed by atoms with Crippen molar-refractivity contribution in [2.45, 2.75) is 12.8 Å². The summed E-state index contributed by atoms with van der Waals surface area (Å²) in [5.41, 5.74) is 1.08. The first-order valence-corrected chi connectivity index (χ1v) is 4.52. The van der Waals surface area contributed by atoms with Gasteiger partial charge in [-0.3, -0.25) is 0 Å². The molecule has 2 rings (SSSR count). The molecule has 2 heterocycles. The van der Waals surface area contributed by atoms with Crippen molar-refractivity contribution in [1.82, 2.24) is 4.98 Å². The second kappa shape index (κ2) is 3.31. The van der Waals surface area contributed by atoms with Crippen molar-refractivity contribution in [3.63, 3.8) is 0 Å². The molecule has 0 spiro atoms. The van der Waals surface area contributed by atoms with E-state index in [-0.39, 0.29) is 0 Å². The zero-order valence-electron chi connectivity index (χ0n) is 6.76. The minimum absolute atomic E-state index is 0.552. The molecule has 1 aliphatic rings. The van der Waals surface area contributed by atoms with Gasteiger partial charge in [-0.05, 0) is 18.9 Å². The van der Waals surface area contributed by atoms with Crippen LogP contribution in [0.25, 0.3) is 0 Å². The molecule has 63 valence electrons. The minimum Gasteiger partial charge on any atom is -0.371 e. The Bertz CT molecular complexity index is 269. The Morgan fingerprint density at radius 1 is 1.42 bits per heavy atom. The van der Waals surface area contributed by atoms with Crippen LogP contribution in [0.1, 0.15) is 12.8 Å². The Morgan fingerprint density at radius 3 is 2.83 bits per heavy atom. The van der Waals surface area contributed by atoms with Crippen molar-refractivity contribution in [2.75, 3.05) is 18.0 Å². The van der Waals surface area contributed by atoms with E-state index in [9.17, 15) is 0 Å². The predicted octanol–water partition coefficient (Wildman–Crippen LogP) is 2.14. The lowest BCUT2D eigenvalue weighted by Gasteiger charge is -2.16. The average molecular weight is 182 g/mol. The summed E-state index contributed by atoms with van der Waals surface area (Å²) >= 11 is 5.77. The molecular formula is C9H10ClN2. The van der Waals surface area contributed by atoms with Crippen LogP contribution in [0.5, 0.6) is 0 Å². The molecule has 0 bridgehead atoms. The molecule has 2 nitrogen and oxygen atoms in total. The van der Waals surface area contributed by atoms with E-state index < -0.39 is 0 Å². The second-order valence-corrected chi connectivity index (χ2v) is 3.34. The fraction of sp³-hybridized carbons (Fsp3) is 0.444. The van der Waals surface area contributed by atoms with E-state index in [0.717, 1.165) is 18.8 Å². The van der Waals surface area contributed by atoms with Crippen LogP contribution in [0.15, 0.2) is 12.3 Å². The van der Waals surface area contributed by atoms with Crippen molar-refractivity contribution in [3.05, 3.63) is 23.5 Å². The van der Waals surface area contributed by atoms with E-state index in [4.69, 9.17) is 11.6 Å². The highest BCUT2D eigenvalue weighted by molar-refractivity contribution is 6.29. The Hall–Kier alpha value is -0.760. The molecular weight excluding hydrogens is 172 g/mol. The number of pyridine rings is 1. The zero-order valence-corrected chi connectivity index (χ0v) is 7.51. The highest BCUT2D eigenvalue weighted by Gasteiger charge is 2.12. The van der Waals surface area contributed by atoms with Crippen molar-refractivity contribution in [3.8, 4) is 0 Å². The molecule has 1 aromatic heterocycles. The van der Waals surface area contributed by atoms with Crippen molar-refractivity contribution in [1.29, 1.82) is 0 Å². The summed E-state index contributed by atoms with van der Waals surface area (Å²) in [6.45, 7) is 2.24. The van der Waals surface area contributed by atoms with Gasteiger partial charge in [-0.2, -0.15) is 0 Å². The standard InChI is InChI=1S/C9H10ClN2/c10-9-7-8(3-4-11-9)12-5-1-2-6-12/h4,7H,1-2,5-6H2. The summed E-state index contributed by atoms with van der Waals surface area (Å²) < 4.78 is 0. The molecule has 12 heavy (non-hydrogen) atoms. The minimum atomic E-state index is 0.552. The van der Waals surface area contributed by atoms with Gasteiger partial charge in [0.05, 0.1) is 0 Å². The van der Waals surface area contributed by atoms with Gasteiger partial charge in [-0.1, -0.05) is 11.6 Å². The molecule has 0 unspecified atom stereocenters. The third-order valence-electron chi connectivity index (χ3n) is 2.10. The van der Waals surface area contributed by atoms with E-state index in [1.54, 1.807) is 6.20 Å². The SMILES string of the molecule is Clc1cc(N2CCCC2)[c]cn1. The van der Waals surface area contributed by atoms with Gasteiger partial charge >= 0.3 is 0 Å². The lowest BCUT2D eigenvalue weighted by molar-refractivity contribution is 0.949. The highest BCUT2D eigenvalue weighted by atomic mass is 35.5. The molecule has 0 amide bonds. The van der Waals surface area contributed by atoms with Gasteiger partial charge < -0.3 is 4.90 Å². The van der Waals surface area contributed by atoms with Crippen molar-refractivity contribution < 1.29 is 0 Å². The number of halogens is 1. The number of hydrogen-bond acceptors (Lipinski definition) is 2. The van der Waals surface area contributed by atoms with Gasteiger partial charge in [0, 0.05) is 31.0 Å². The van der Waals surface area contributed by atoms with Crippen LogP contribution >= 0.6 is 11.6 Å². The maximum Gasteiger partial charge on any atom is 0.131 e. The van der Waals surface area contributed by atoms with Gasteiger partial charge in [0.25, 0.3) is 0 Å². The molecule has 0 saturated carbocycles. The van der Waals surface area contributed by atoms with Crippen LogP contribution in [-0.2, 0) is 0 Å².